The lowest BCUT2D eigenvalue weighted by molar-refractivity contribution is -0.127. The van der Waals surface area contributed by atoms with Crippen LogP contribution in [-0.2, 0) is 39.0 Å². The number of fused-ring (bicyclic) bond motifs is 1. The number of carbonyl (C=O) groups excluding carboxylic acids is 2. The molecule has 3 aromatic rings. The standard InChI is InChI=1S/C27H28N2O6S/c1-34-24-15-21-14-23(27(31)28-22(18-30)13-19-9-5-3-6-10-19)29(17-20-11-7-4-8-12-20)36(32,33)26(21)16-25(24)35-2/h3-12,15-16,18,22-23H,13-14,17H2,1-2H3,(H,28,31)/t22-,23?/m0/s1. The normalized spacial score (nSPS) is 17.4. The van der Waals surface area contributed by atoms with Crippen LogP contribution in [-0.4, -0.2) is 51.2 Å². The van der Waals surface area contributed by atoms with Gasteiger partial charge >= 0.3 is 0 Å². The minimum Gasteiger partial charge on any atom is -0.493 e. The third-order valence-corrected chi connectivity index (χ3v) is 8.13. The van der Waals surface area contributed by atoms with E-state index >= 15 is 0 Å². The molecule has 1 N–H and O–H groups in total. The summed E-state index contributed by atoms with van der Waals surface area (Å²) >= 11 is 0. The van der Waals surface area contributed by atoms with Crippen LogP contribution < -0.4 is 14.8 Å². The Kier molecular flexibility index (Phi) is 7.71. The van der Waals surface area contributed by atoms with Gasteiger partial charge in [-0.25, -0.2) is 8.42 Å². The van der Waals surface area contributed by atoms with E-state index in [1.807, 2.05) is 48.5 Å². The van der Waals surface area contributed by atoms with Gasteiger partial charge in [0.05, 0.1) is 25.2 Å². The SMILES string of the molecule is COc1cc2c(cc1OC)S(=O)(=O)N(Cc1ccccc1)C(C(=O)N[C@H](C=O)Cc1ccccc1)C2. The maximum Gasteiger partial charge on any atom is 0.244 e. The van der Waals surface area contributed by atoms with E-state index in [-0.39, 0.29) is 23.6 Å². The highest BCUT2D eigenvalue weighted by Gasteiger charge is 2.43. The summed E-state index contributed by atoms with van der Waals surface area (Å²) in [6.07, 6.45) is 1.09. The van der Waals surface area contributed by atoms with E-state index in [4.69, 9.17) is 9.47 Å². The molecule has 1 amide bonds. The first kappa shape index (κ1) is 25.4. The molecule has 3 aromatic carbocycles. The molecule has 188 valence electrons. The zero-order valence-corrected chi connectivity index (χ0v) is 20.9. The number of hydrogen-bond donors (Lipinski definition) is 1. The summed E-state index contributed by atoms with van der Waals surface area (Å²) in [5.74, 6) is 0.117. The number of amides is 1. The molecule has 0 fully saturated rings. The highest BCUT2D eigenvalue weighted by molar-refractivity contribution is 7.89. The fraction of sp³-hybridized carbons (Fsp3) is 0.259. The highest BCUT2D eigenvalue weighted by Crippen LogP contribution is 2.39. The summed E-state index contributed by atoms with van der Waals surface area (Å²) in [5, 5.41) is 2.75. The van der Waals surface area contributed by atoms with Crippen molar-refractivity contribution in [3.63, 3.8) is 0 Å². The third-order valence-electron chi connectivity index (χ3n) is 6.19. The molecule has 4 rings (SSSR count). The van der Waals surface area contributed by atoms with Crippen LogP contribution in [0.5, 0.6) is 11.5 Å². The quantitative estimate of drug-likeness (QED) is 0.446. The van der Waals surface area contributed by atoms with Crippen LogP contribution in [0, 0.1) is 0 Å². The lowest BCUT2D eigenvalue weighted by Crippen LogP contribution is -2.55. The molecular weight excluding hydrogens is 480 g/mol. The summed E-state index contributed by atoms with van der Waals surface area (Å²) in [7, 11) is -1.19. The molecule has 0 aromatic heterocycles. The Bertz CT molecular complexity index is 1330. The molecule has 0 saturated heterocycles. The van der Waals surface area contributed by atoms with Gasteiger partial charge in [0.1, 0.15) is 12.3 Å². The first-order valence-corrected chi connectivity index (χ1v) is 12.9. The van der Waals surface area contributed by atoms with Crippen molar-refractivity contribution in [2.45, 2.75) is 36.4 Å². The zero-order chi connectivity index (χ0) is 25.7. The maximum absolute atomic E-state index is 13.8. The Morgan fingerprint density at radius 1 is 1.00 bits per heavy atom. The molecule has 0 aliphatic carbocycles. The number of nitrogens with one attached hydrogen (secondary N) is 1. The van der Waals surface area contributed by atoms with Gasteiger partial charge in [-0.1, -0.05) is 60.7 Å². The highest BCUT2D eigenvalue weighted by atomic mass is 32.2. The van der Waals surface area contributed by atoms with Crippen molar-refractivity contribution in [3.8, 4) is 11.5 Å². The van der Waals surface area contributed by atoms with Gasteiger partial charge in [0, 0.05) is 12.6 Å². The number of rotatable bonds is 9. The smallest absolute Gasteiger partial charge is 0.244 e. The Morgan fingerprint density at radius 2 is 1.58 bits per heavy atom. The van der Waals surface area contributed by atoms with Crippen molar-refractivity contribution >= 4 is 22.2 Å². The predicted octanol–water partition coefficient (Wildman–Crippen LogP) is 2.75. The summed E-state index contributed by atoms with van der Waals surface area (Å²) < 4.78 is 39.5. The minimum absolute atomic E-state index is 0.000510. The zero-order valence-electron chi connectivity index (χ0n) is 20.1. The summed E-state index contributed by atoms with van der Waals surface area (Å²) in [5.41, 5.74) is 2.07. The lowest BCUT2D eigenvalue weighted by atomic mass is 10.0. The van der Waals surface area contributed by atoms with Gasteiger partial charge in [-0.05, 0) is 35.6 Å². The van der Waals surface area contributed by atoms with Gasteiger partial charge < -0.3 is 19.6 Å². The number of aldehydes is 1. The summed E-state index contributed by atoms with van der Waals surface area (Å²) in [4.78, 5) is 25.4. The van der Waals surface area contributed by atoms with Gasteiger partial charge in [-0.3, -0.25) is 4.79 Å². The predicted molar refractivity (Wildman–Crippen MR) is 134 cm³/mol. The Morgan fingerprint density at radius 3 is 2.17 bits per heavy atom. The van der Waals surface area contributed by atoms with E-state index in [2.05, 4.69) is 5.32 Å². The number of nitrogens with zero attached hydrogens (tertiary/aromatic N) is 1. The van der Waals surface area contributed by atoms with E-state index in [1.54, 1.807) is 18.2 Å². The average molecular weight is 509 g/mol. The van der Waals surface area contributed by atoms with E-state index in [0.717, 1.165) is 11.1 Å². The number of ether oxygens (including phenoxy) is 2. The van der Waals surface area contributed by atoms with Gasteiger partial charge in [0.2, 0.25) is 15.9 Å². The number of carbonyl (C=O) groups is 2. The number of methoxy groups -OCH3 is 2. The second-order valence-corrected chi connectivity index (χ2v) is 10.4. The Labute approximate surface area is 210 Å². The van der Waals surface area contributed by atoms with Crippen LogP contribution in [0.1, 0.15) is 16.7 Å². The molecule has 9 heteroatoms. The molecule has 1 aliphatic rings. The van der Waals surface area contributed by atoms with Crippen molar-refractivity contribution < 1.29 is 27.5 Å². The van der Waals surface area contributed by atoms with Crippen molar-refractivity contribution in [1.82, 2.24) is 9.62 Å². The first-order chi connectivity index (χ1) is 17.4. The van der Waals surface area contributed by atoms with Crippen LogP contribution in [0.3, 0.4) is 0 Å². The molecule has 0 spiro atoms. The molecule has 0 radical (unpaired) electrons. The van der Waals surface area contributed by atoms with E-state index < -0.39 is 28.0 Å². The van der Waals surface area contributed by atoms with E-state index in [1.165, 1.54) is 24.6 Å². The fourth-order valence-electron chi connectivity index (χ4n) is 4.37. The van der Waals surface area contributed by atoms with Crippen molar-refractivity contribution in [1.29, 1.82) is 0 Å². The summed E-state index contributed by atoms with van der Waals surface area (Å²) in [6, 6.07) is 19.5. The second-order valence-electron chi connectivity index (χ2n) is 8.51. The number of benzene rings is 3. The van der Waals surface area contributed by atoms with E-state index in [9.17, 15) is 18.0 Å². The van der Waals surface area contributed by atoms with Gasteiger partial charge in [0.15, 0.2) is 11.5 Å². The molecule has 36 heavy (non-hydrogen) atoms. The van der Waals surface area contributed by atoms with Crippen LogP contribution in [0.25, 0.3) is 0 Å². The van der Waals surface area contributed by atoms with E-state index in [0.29, 0.717) is 24.0 Å². The molecule has 1 unspecified atom stereocenters. The second kappa shape index (κ2) is 10.9. The minimum atomic E-state index is -4.09. The van der Waals surface area contributed by atoms with Gasteiger partial charge in [-0.2, -0.15) is 4.31 Å². The molecule has 1 aliphatic heterocycles. The van der Waals surface area contributed by atoms with Crippen LogP contribution in [0.15, 0.2) is 77.7 Å². The average Bonchev–Trinajstić information content (AvgIpc) is 2.90. The summed E-state index contributed by atoms with van der Waals surface area (Å²) in [6.45, 7) is -0.000510. The number of hydrogen-bond acceptors (Lipinski definition) is 6. The first-order valence-electron chi connectivity index (χ1n) is 11.5. The largest absolute Gasteiger partial charge is 0.493 e. The number of sulfonamides is 1. The van der Waals surface area contributed by atoms with Crippen LogP contribution in [0.4, 0.5) is 0 Å². The topological polar surface area (TPSA) is 102 Å². The molecular formula is C27H28N2O6S. The monoisotopic (exact) mass is 508 g/mol. The van der Waals surface area contributed by atoms with Gasteiger partial charge in [0.25, 0.3) is 0 Å². The third kappa shape index (κ3) is 5.27. The van der Waals surface area contributed by atoms with Crippen molar-refractivity contribution in [2.24, 2.45) is 0 Å². The molecule has 2 atom stereocenters. The van der Waals surface area contributed by atoms with Crippen molar-refractivity contribution in [3.05, 3.63) is 89.5 Å². The van der Waals surface area contributed by atoms with Gasteiger partial charge in [-0.15, -0.1) is 0 Å². The Hall–Kier alpha value is -3.69. The molecule has 1 heterocycles. The maximum atomic E-state index is 13.8. The lowest BCUT2D eigenvalue weighted by Gasteiger charge is -2.36. The van der Waals surface area contributed by atoms with Crippen LogP contribution >= 0.6 is 0 Å². The fourth-order valence-corrected chi connectivity index (χ4v) is 6.17. The molecule has 0 bridgehead atoms. The van der Waals surface area contributed by atoms with Crippen LogP contribution in [0.2, 0.25) is 0 Å². The molecule has 8 nitrogen and oxygen atoms in total. The van der Waals surface area contributed by atoms with Crippen molar-refractivity contribution in [2.75, 3.05) is 14.2 Å². The molecule has 0 saturated carbocycles. The Balaban J connectivity index is 1.70.